The summed E-state index contributed by atoms with van der Waals surface area (Å²) < 4.78 is 22.6. The van der Waals surface area contributed by atoms with Crippen LogP contribution in [0.4, 0.5) is 0 Å². The van der Waals surface area contributed by atoms with Crippen LogP contribution in [-0.4, -0.2) is 51.8 Å². The van der Waals surface area contributed by atoms with Crippen molar-refractivity contribution in [2.75, 3.05) is 35.0 Å². The summed E-state index contributed by atoms with van der Waals surface area (Å²) in [6.07, 6.45) is 6.92. The summed E-state index contributed by atoms with van der Waals surface area (Å²) in [5, 5.41) is 3.42. The van der Waals surface area contributed by atoms with Crippen molar-refractivity contribution in [3.05, 3.63) is 82.9 Å². The molecule has 1 heterocycles. The monoisotopic (exact) mass is 558 g/mol. The Morgan fingerprint density at radius 3 is 2.17 bits per heavy atom. The van der Waals surface area contributed by atoms with E-state index in [9.17, 15) is 4.79 Å². The molecule has 2 unspecified atom stereocenters. The molecular weight excluding hydrogens is 516 g/mol. The van der Waals surface area contributed by atoms with Crippen LogP contribution in [0.3, 0.4) is 0 Å². The molecule has 0 spiro atoms. The Morgan fingerprint density at radius 1 is 0.829 bits per heavy atom. The lowest BCUT2D eigenvalue weighted by molar-refractivity contribution is -0.128. The minimum absolute atomic E-state index is 0.0735. The van der Waals surface area contributed by atoms with Crippen LogP contribution in [0.2, 0.25) is 0 Å². The minimum atomic E-state index is -0.430. The molecule has 218 valence electrons. The van der Waals surface area contributed by atoms with Crippen molar-refractivity contribution in [1.29, 1.82) is 0 Å². The molecule has 1 N–H and O–H groups in total. The summed E-state index contributed by atoms with van der Waals surface area (Å²) in [6.45, 7) is 0.773. The number of nitrogens with one attached hydrogen (secondary N) is 1. The van der Waals surface area contributed by atoms with Gasteiger partial charge >= 0.3 is 0 Å². The van der Waals surface area contributed by atoms with Gasteiger partial charge in [-0.3, -0.25) is 9.69 Å². The molecule has 7 heteroatoms. The van der Waals surface area contributed by atoms with E-state index >= 15 is 0 Å². The molecule has 1 aliphatic carbocycles. The largest absolute Gasteiger partial charge is 0.493 e. The highest BCUT2D eigenvalue weighted by molar-refractivity contribution is 5.83. The first-order chi connectivity index (χ1) is 20.1. The fourth-order valence-corrected chi connectivity index (χ4v) is 6.50. The number of rotatable bonds is 10. The Bertz CT molecular complexity index is 1320. The average molecular weight is 559 g/mol. The minimum Gasteiger partial charge on any atom is -0.493 e. The van der Waals surface area contributed by atoms with Crippen molar-refractivity contribution in [1.82, 2.24) is 10.2 Å². The predicted octanol–water partition coefficient (Wildman–Crippen LogP) is 6.05. The number of ether oxygens (including phenoxy) is 4. The van der Waals surface area contributed by atoms with Crippen LogP contribution in [0.25, 0.3) is 0 Å². The van der Waals surface area contributed by atoms with Crippen molar-refractivity contribution >= 4 is 5.91 Å². The van der Waals surface area contributed by atoms with Crippen molar-refractivity contribution in [3.8, 4) is 23.0 Å². The molecule has 41 heavy (non-hydrogen) atoms. The Balaban J connectivity index is 1.62. The zero-order chi connectivity index (χ0) is 28.8. The van der Waals surface area contributed by atoms with Crippen LogP contribution in [-0.2, 0) is 17.6 Å². The SMILES string of the molecule is COc1ccc(CC2c3cc(OC)c(OC)cc3CCCN2C(C(=O)NC2CCCC2)c2ccccc2)cc1OC. The second-order valence-corrected chi connectivity index (χ2v) is 11.0. The van der Waals surface area contributed by atoms with Gasteiger partial charge in [0.15, 0.2) is 23.0 Å². The number of amides is 1. The number of hydrogen-bond acceptors (Lipinski definition) is 6. The van der Waals surface area contributed by atoms with Crippen LogP contribution < -0.4 is 24.3 Å². The van der Waals surface area contributed by atoms with Gasteiger partial charge in [0.05, 0.1) is 28.4 Å². The first-order valence-electron chi connectivity index (χ1n) is 14.6. The lowest BCUT2D eigenvalue weighted by Gasteiger charge is -2.38. The second kappa shape index (κ2) is 13.3. The van der Waals surface area contributed by atoms with E-state index in [1.54, 1.807) is 28.4 Å². The summed E-state index contributed by atoms with van der Waals surface area (Å²) in [5.74, 6) is 2.87. The van der Waals surface area contributed by atoms with Gasteiger partial charge in [-0.1, -0.05) is 49.2 Å². The molecule has 0 aromatic heterocycles. The molecule has 0 radical (unpaired) electrons. The van der Waals surface area contributed by atoms with Gasteiger partial charge in [-0.05, 0) is 78.6 Å². The molecule has 3 aromatic rings. The zero-order valence-corrected chi connectivity index (χ0v) is 24.7. The zero-order valence-electron chi connectivity index (χ0n) is 24.7. The first-order valence-corrected chi connectivity index (χ1v) is 14.6. The lowest BCUT2D eigenvalue weighted by atomic mass is 9.91. The van der Waals surface area contributed by atoms with Crippen molar-refractivity contribution in [3.63, 3.8) is 0 Å². The Labute approximate surface area is 243 Å². The number of benzene rings is 3. The summed E-state index contributed by atoms with van der Waals surface area (Å²) in [7, 11) is 6.65. The standard InChI is InChI=1S/C34H42N2O5/c1-38-29-17-16-23(20-30(29)39-2)19-28-27-22-32(41-4)31(40-3)21-25(27)13-10-18-36(28)33(24-11-6-5-7-12-24)34(37)35-26-14-8-9-15-26/h5-7,11-12,16-17,20-22,26,28,33H,8-10,13-15,18-19H2,1-4H3,(H,35,37). The van der Waals surface area contributed by atoms with Gasteiger partial charge in [-0.25, -0.2) is 0 Å². The van der Waals surface area contributed by atoms with Crippen LogP contribution >= 0.6 is 0 Å². The smallest absolute Gasteiger partial charge is 0.242 e. The Morgan fingerprint density at radius 2 is 1.49 bits per heavy atom. The van der Waals surface area contributed by atoms with Crippen molar-refractivity contribution in [2.24, 2.45) is 0 Å². The number of aryl methyl sites for hydroxylation is 1. The van der Waals surface area contributed by atoms with Crippen molar-refractivity contribution < 1.29 is 23.7 Å². The second-order valence-electron chi connectivity index (χ2n) is 11.0. The van der Waals surface area contributed by atoms with Gasteiger partial charge in [-0.2, -0.15) is 0 Å². The summed E-state index contributed by atoms with van der Waals surface area (Å²) in [5.41, 5.74) is 4.48. The van der Waals surface area contributed by atoms with E-state index in [1.807, 2.05) is 30.3 Å². The number of nitrogens with zero attached hydrogens (tertiary/aromatic N) is 1. The van der Waals surface area contributed by atoms with Gasteiger partial charge in [0.25, 0.3) is 0 Å². The van der Waals surface area contributed by atoms with Crippen LogP contribution in [0.1, 0.15) is 66.4 Å². The van der Waals surface area contributed by atoms with E-state index in [1.165, 1.54) is 18.4 Å². The third-order valence-corrected chi connectivity index (χ3v) is 8.54. The van der Waals surface area contributed by atoms with E-state index in [4.69, 9.17) is 18.9 Å². The van der Waals surface area contributed by atoms with Gasteiger partial charge < -0.3 is 24.3 Å². The summed E-state index contributed by atoms with van der Waals surface area (Å²) >= 11 is 0. The molecule has 7 nitrogen and oxygen atoms in total. The van der Waals surface area contributed by atoms with Gasteiger partial charge in [-0.15, -0.1) is 0 Å². The maximum atomic E-state index is 14.2. The van der Waals surface area contributed by atoms with E-state index in [-0.39, 0.29) is 18.0 Å². The van der Waals surface area contributed by atoms with Crippen molar-refractivity contribution in [2.45, 2.75) is 63.1 Å². The van der Waals surface area contributed by atoms with E-state index in [0.29, 0.717) is 23.7 Å². The van der Waals surface area contributed by atoms with E-state index < -0.39 is 6.04 Å². The number of fused-ring (bicyclic) bond motifs is 1. The van der Waals surface area contributed by atoms with Gasteiger partial charge in [0.2, 0.25) is 5.91 Å². The molecule has 1 saturated carbocycles. The molecule has 2 aliphatic rings. The third-order valence-electron chi connectivity index (χ3n) is 8.54. The summed E-state index contributed by atoms with van der Waals surface area (Å²) in [4.78, 5) is 16.6. The number of methoxy groups -OCH3 is 4. The predicted molar refractivity (Wildman–Crippen MR) is 160 cm³/mol. The topological polar surface area (TPSA) is 69.3 Å². The Kier molecular flexibility index (Phi) is 9.35. The normalized spacial score (nSPS) is 18.2. The highest BCUT2D eigenvalue weighted by Crippen LogP contribution is 2.43. The third kappa shape index (κ3) is 6.30. The maximum absolute atomic E-state index is 14.2. The Hall–Kier alpha value is -3.71. The molecule has 1 aliphatic heterocycles. The molecule has 1 fully saturated rings. The molecule has 3 aromatic carbocycles. The molecule has 1 amide bonds. The van der Waals surface area contributed by atoms with E-state index in [2.05, 4.69) is 40.5 Å². The number of hydrogen-bond donors (Lipinski definition) is 1. The molecule has 5 rings (SSSR count). The summed E-state index contributed by atoms with van der Waals surface area (Å²) in [6, 6.07) is 20.2. The maximum Gasteiger partial charge on any atom is 0.242 e. The first kappa shape index (κ1) is 28.8. The average Bonchev–Trinajstić information content (AvgIpc) is 3.46. The van der Waals surface area contributed by atoms with Gasteiger partial charge in [0, 0.05) is 18.6 Å². The number of carbonyl (C=O) groups excluding carboxylic acids is 1. The molecular formula is C34H42N2O5. The number of carbonyl (C=O) groups is 1. The van der Waals surface area contributed by atoms with E-state index in [0.717, 1.165) is 54.7 Å². The highest BCUT2D eigenvalue weighted by Gasteiger charge is 2.37. The molecule has 0 saturated heterocycles. The van der Waals surface area contributed by atoms with Crippen LogP contribution in [0, 0.1) is 0 Å². The fraction of sp³-hybridized carbons (Fsp3) is 0.441. The fourth-order valence-electron chi connectivity index (χ4n) is 6.50. The molecule has 0 bridgehead atoms. The van der Waals surface area contributed by atoms with Gasteiger partial charge in [0.1, 0.15) is 6.04 Å². The lowest BCUT2D eigenvalue weighted by Crippen LogP contribution is -2.45. The molecule has 2 atom stereocenters. The van der Waals surface area contributed by atoms with Crippen LogP contribution in [0.5, 0.6) is 23.0 Å². The quantitative estimate of drug-likeness (QED) is 0.327. The highest BCUT2D eigenvalue weighted by atomic mass is 16.5. The van der Waals surface area contributed by atoms with Crippen LogP contribution in [0.15, 0.2) is 60.7 Å².